The van der Waals surface area contributed by atoms with Gasteiger partial charge in [-0.15, -0.1) is 0 Å². The number of hydrogen-bond acceptors (Lipinski definition) is 4. The van der Waals surface area contributed by atoms with Gasteiger partial charge in [0.15, 0.2) is 5.82 Å². The molecule has 96 valence electrons. The van der Waals surface area contributed by atoms with Crippen LogP contribution in [-0.2, 0) is 12.8 Å². The number of nitrogens with zero attached hydrogens (tertiary/aromatic N) is 2. The van der Waals surface area contributed by atoms with E-state index in [4.69, 9.17) is 4.52 Å². The normalized spacial score (nSPS) is 12.6. The van der Waals surface area contributed by atoms with Gasteiger partial charge in [0.1, 0.15) is 5.82 Å². The Labute approximate surface area is 105 Å². The van der Waals surface area contributed by atoms with Gasteiger partial charge < -0.3 is 9.84 Å². The second-order valence-corrected chi connectivity index (χ2v) is 4.27. The second kappa shape index (κ2) is 5.73. The molecule has 1 aromatic heterocycles. The lowest BCUT2D eigenvalue weighted by Crippen LogP contribution is -2.23. The van der Waals surface area contributed by atoms with Crippen LogP contribution in [0.2, 0.25) is 0 Å². The third-order valence-corrected chi connectivity index (χ3v) is 2.79. The number of rotatable bonds is 5. The molecular formula is C13H16FN3O. The molecule has 1 atom stereocenters. The van der Waals surface area contributed by atoms with E-state index in [1.54, 1.807) is 18.2 Å². The van der Waals surface area contributed by atoms with Crippen LogP contribution in [0.15, 0.2) is 28.8 Å². The number of nitrogens with one attached hydrogen (secondary N) is 1. The molecule has 4 nitrogen and oxygen atoms in total. The van der Waals surface area contributed by atoms with Gasteiger partial charge in [-0.1, -0.05) is 23.4 Å². The highest BCUT2D eigenvalue weighted by molar-refractivity contribution is 5.20. The quantitative estimate of drug-likeness (QED) is 0.880. The van der Waals surface area contributed by atoms with Crippen LogP contribution in [-0.4, -0.2) is 23.2 Å². The van der Waals surface area contributed by atoms with E-state index in [0.717, 1.165) is 0 Å². The Morgan fingerprint density at radius 1 is 1.39 bits per heavy atom. The Morgan fingerprint density at radius 2 is 2.17 bits per heavy atom. The first-order chi connectivity index (χ1) is 8.69. The van der Waals surface area contributed by atoms with Crippen LogP contribution < -0.4 is 5.32 Å². The van der Waals surface area contributed by atoms with Gasteiger partial charge in [-0.3, -0.25) is 0 Å². The molecule has 0 aliphatic rings. The lowest BCUT2D eigenvalue weighted by atomic mass is 10.1. The minimum atomic E-state index is -0.243. The van der Waals surface area contributed by atoms with Crippen molar-refractivity contribution >= 4 is 0 Å². The predicted octanol–water partition coefficient (Wildman–Crippen LogP) is 1.95. The molecule has 0 fully saturated rings. The van der Waals surface area contributed by atoms with Crippen LogP contribution in [0, 0.1) is 5.82 Å². The van der Waals surface area contributed by atoms with E-state index in [9.17, 15) is 4.39 Å². The molecule has 1 heterocycles. The van der Waals surface area contributed by atoms with Gasteiger partial charge in [0.25, 0.3) is 0 Å². The van der Waals surface area contributed by atoms with E-state index in [1.165, 1.54) is 6.07 Å². The number of hydrogen-bond donors (Lipinski definition) is 1. The number of likely N-dealkylation sites (N-methyl/N-ethyl adjacent to an activating group) is 1. The first-order valence-electron chi connectivity index (χ1n) is 5.91. The van der Waals surface area contributed by atoms with Crippen LogP contribution in [0.5, 0.6) is 0 Å². The van der Waals surface area contributed by atoms with Crippen LogP contribution in [0.25, 0.3) is 0 Å². The van der Waals surface area contributed by atoms with Crippen molar-refractivity contribution in [2.24, 2.45) is 0 Å². The maximum atomic E-state index is 13.5. The molecule has 0 bridgehead atoms. The van der Waals surface area contributed by atoms with Crippen LogP contribution >= 0.6 is 0 Å². The Hall–Kier alpha value is -1.75. The van der Waals surface area contributed by atoms with E-state index in [-0.39, 0.29) is 11.9 Å². The largest absolute Gasteiger partial charge is 0.339 e. The molecule has 1 aromatic carbocycles. The lowest BCUT2D eigenvalue weighted by Gasteiger charge is -2.04. The summed E-state index contributed by atoms with van der Waals surface area (Å²) in [7, 11) is 1.88. The summed E-state index contributed by atoms with van der Waals surface area (Å²) < 4.78 is 18.6. The highest BCUT2D eigenvalue weighted by atomic mass is 19.1. The van der Waals surface area contributed by atoms with Crippen molar-refractivity contribution in [2.45, 2.75) is 25.8 Å². The van der Waals surface area contributed by atoms with Crippen molar-refractivity contribution in [1.29, 1.82) is 0 Å². The summed E-state index contributed by atoms with van der Waals surface area (Å²) in [4.78, 5) is 4.25. The summed E-state index contributed by atoms with van der Waals surface area (Å²) in [5, 5.41) is 6.95. The Bertz CT molecular complexity index is 512. The molecule has 18 heavy (non-hydrogen) atoms. The minimum absolute atomic E-state index is 0.243. The molecule has 0 aliphatic carbocycles. The molecule has 1 unspecified atom stereocenters. The first kappa shape index (κ1) is 12.7. The predicted molar refractivity (Wildman–Crippen MR) is 65.7 cm³/mol. The molecule has 2 rings (SSSR count). The Kier molecular flexibility index (Phi) is 4.04. The molecule has 1 N–H and O–H groups in total. The fraction of sp³-hybridized carbons (Fsp3) is 0.385. The van der Waals surface area contributed by atoms with E-state index in [1.807, 2.05) is 14.0 Å². The highest BCUT2D eigenvalue weighted by Gasteiger charge is 2.11. The summed E-state index contributed by atoms with van der Waals surface area (Å²) in [5.74, 6) is 0.842. The van der Waals surface area contributed by atoms with E-state index in [2.05, 4.69) is 15.5 Å². The van der Waals surface area contributed by atoms with Crippen molar-refractivity contribution in [3.8, 4) is 0 Å². The molecule has 0 spiro atoms. The monoisotopic (exact) mass is 249 g/mol. The van der Waals surface area contributed by atoms with Gasteiger partial charge in [-0.05, 0) is 25.6 Å². The number of benzene rings is 1. The Morgan fingerprint density at radius 3 is 2.89 bits per heavy atom. The van der Waals surface area contributed by atoms with Gasteiger partial charge >= 0.3 is 0 Å². The standard InChI is InChI=1S/C13H16FN3O/c1-9(15-2)7-13-16-12(17-18-13)8-10-5-3-4-6-11(10)14/h3-6,9,15H,7-8H2,1-2H3. The van der Waals surface area contributed by atoms with Gasteiger partial charge in [-0.2, -0.15) is 4.98 Å². The molecule has 0 aliphatic heterocycles. The second-order valence-electron chi connectivity index (χ2n) is 4.27. The zero-order valence-electron chi connectivity index (χ0n) is 10.5. The van der Waals surface area contributed by atoms with Gasteiger partial charge in [0.2, 0.25) is 5.89 Å². The van der Waals surface area contributed by atoms with E-state index in [0.29, 0.717) is 30.1 Å². The molecule has 0 saturated heterocycles. The molecule has 0 amide bonds. The SMILES string of the molecule is CNC(C)Cc1nc(Cc2ccccc2F)no1. The summed E-state index contributed by atoms with van der Waals surface area (Å²) in [6.45, 7) is 2.03. The average molecular weight is 249 g/mol. The van der Waals surface area contributed by atoms with Crippen LogP contribution in [0.3, 0.4) is 0 Å². The maximum absolute atomic E-state index is 13.5. The molecule has 0 saturated carbocycles. The smallest absolute Gasteiger partial charge is 0.228 e. The van der Waals surface area contributed by atoms with Gasteiger partial charge in [0, 0.05) is 18.9 Å². The van der Waals surface area contributed by atoms with Crippen LogP contribution in [0.4, 0.5) is 4.39 Å². The third kappa shape index (κ3) is 3.13. The van der Waals surface area contributed by atoms with Crippen molar-refractivity contribution in [1.82, 2.24) is 15.5 Å². The zero-order chi connectivity index (χ0) is 13.0. The fourth-order valence-corrected chi connectivity index (χ4v) is 1.62. The van der Waals surface area contributed by atoms with Crippen molar-refractivity contribution in [2.75, 3.05) is 7.05 Å². The van der Waals surface area contributed by atoms with Crippen molar-refractivity contribution in [3.05, 3.63) is 47.4 Å². The Balaban J connectivity index is 2.05. The average Bonchev–Trinajstić information content (AvgIpc) is 2.79. The van der Waals surface area contributed by atoms with Crippen molar-refractivity contribution in [3.63, 3.8) is 0 Å². The maximum Gasteiger partial charge on any atom is 0.228 e. The lowest BCUT2D eigenvalue weighted by molar-refractivity contribution is 0.361. The molecule has 5 heteroatoms. The van der Waals surface area contributed by atoms with E-state index < -0.39 is 0 Å². The third-order valence-electron chi connectivity index (χ3n) is 2.79. The number of halogens is 1. The molecule has 0 radical (unpaired) electrons. The van der Waals surface area contributed by atoms with Gasteiger partial charge in [-0.25, -0.2) is 4.39 Å². The highest BCUT2D eigenvalue weighted by Crippen LogP contribution is 2.11. The molecule has 2 aromatic rings. The van der Waals surface area contributed by atoms with Crippen LogP contribution in [0.1, 0.15) is 24.2 Å². The first-order valence-corrected chi connectivity index (χ1v) is 5.91. The fourth-order valence-electron chi connectivity index (χ4n) is 1.62. The summed E-state index contributed by atoms with van der Waals surface area (Å²) in [6, 6.07) is 6.88. The van der Waals surface area contributed by atoms with Gasteiger partial charge in [0.05, 0.1) is 0 Å². The summed E-state index contributed by atoms with van der Waals surface area (Å²) >= 11 is 0. The topological polar surface area (TPSA) is 51.0 Å². The zero-order valence-corrected chi connectivity index (χ0v) is 10.5. The molecular weight excluding hydrogens is 233 g/mol. The summed E-state index contributed by atoms with van der Waals surface area (Å²) in [6.07, 6.45) is 1.02. The minimum Gasteiger partial charge on any atom is -0.339 e. The van der Waals surface area contributed by atoms with E-state index >= 15 is 0 Å². The number of aromatic nitrogens is 2. The summed E-state index contributed by atoms with van der Waals surface area (Å²) in [5.41, 5.74) is 0.575. The van der Waals surface area contributed by atoms with Crippen molar-refractivity contribution < 1.29 is 8.91 Å².